The van der Waals surface area contributed by atoms with Crippen molar-refractivity contribution in [2.45, 2.75) is 59.2 Å². The molecule has 5 rings (SSSR count). The van der Waals surface area contributed by atoms with Gasteiger partial charge in [0, 0.05) is 43.2 Å². The molecule has 1 aliphatic carbocycles. The van der Waals surface area contributed by atoms with E-state index in [9.17, 15) is 19.8 Å². The van der Waals surface area contributed by atoms with E-state index in [2.05, 4.69) is 16.3 Å². The fourth-order valence-corrected chi connectivity index (χ4v) is 7.04. The largest absolute Gasteiger partial charge is 0.488 e. The Balaban J connectivity index is 1.27. The van der Waals surface area contributed by atoms with Gasteiger partial charge in [0.1, 0.15) is 12.4 Å². The Morgan fingerprint density at radius 2 is 1.83 bits per heavy atom. The second-order valence-corrected chi connectivity index (χ2v) is 13.4. The van der Waals surface area contributed by atoms with Crippen molar-refractivity contribution in [1.82, 2.24) is 9.88 Å². The zero-order valence-corrected chi connectivity index (χ0v) is 25.9. The first-order valence-electron chi connectivity index (χ1n) is 14.6. The SMILES string of the molecule is Cc1ccc(OCc2ccc(C(=O)N(C)CCC(C)(C)O)cc2C)c(-c2csc(N3C[C@H]4CC[C@@H](C3)[C@H]4C(=O)O)n2)c1. The summed E-state index contributed by atoms with van der Waals surface area (Å²) in [5, 5.41) is 22.7. The summed E-state index contributed by atoms with van der Waals surface area (Å²) in [5.41, 5.74) is 4.65. The van der Waals surface area contributed by atoms with E-state index < -0.39 is 11.6 Å². The molecule has 2 bridgehead atoms. The van der Waals surface area contributed by atoms with Crippen LogP contribution in [0.25, 0.3) is 11.3 Å². The van der Waals surface area contributed by atoms with Gasteiger partial charge in [0.05, 0.1) is 17.2 Å². The smallest absolute Gasteiger partial charge is 0.307 e. The highest BCUT2D eigenvalue weighted by molar-refractivity contribution is 7.14. The molecule has 1 aromatic heterocycles. The van der Waals surface area contributed by atoms with Gasteiger partial charge in [0.15, 0.2) is 5.13 Å². The second-order valence-electron chi connectivity index (χ2n) is 12.6. The summed E-state index contributed by atoms with van der Waals surface area (Å²) in [6.07, 6.45) is 2.45. The fraction of sp³-hybridized carbons (Fsp3) is 0.485. The van der Waals surface area contributed by atoms with Gasteiger partial charge in [-0.05, 0) is 94.2 Å². The van der Waals surface area contributed by atoms with Crippen LogP contribution in [0.5, 0.6) is 5.75 Å². The molecule has 2 aromatic carbocycles. The summed E-state index contributed by atoms with van der Waals surface area (Å²) < 4.78 is 6.34. The summed E-state index contributed by atoms with van der Waals surface area (Å²) in [7, 11) is 1.76. The van der Waals surface area contributed by atoms with Crippen LogP contribution in [-0.2, 0) is 11.4 Å². The molecule has 1 saturated heterocycles. The number of hydrogen-bond donors (Lipinski definition) is 2. The van der Waals surface area contributed by atoms with E-state index in [0.29, 0.717) is 25.1 Å². The first-order valence-corrected chi connectivity index (χ1v) is 15.5. The van der Waals surface area contributed by atoms with Crippen molar-refractivity contribution in [3.63, 3.8) is 0 Å². The molecule has 2 heterocycles. The van der Waals surface area contributed by atoms with Gasteiger partial charge in [0.2, 0.25) is 0 Å². The number of nitrogens with zero attached hydrogens (tertiary/aromatic N) is 3. The van der Waals surface area contributed by atoms with Gasteiger partial charge in [-0.1, -0.05) is 17.7 Å². The highest BCUT2D eigenvalue weighted by atomic mass is 32.1. The lowest BCUT2D eigenvalue weighted by molar-refractivity contribution is -0.144. The summed E-state index contributed by atoms with van der Waals surface area (Å²) >= 11 is 1.60. The molecule has 8 nitrogen and oxygen atoms in total. The minimum atomic E-state index is -0.820. The standard InChI is InChI=1S/C33H41N3O5S/c1-20-6-11-28(41-18-25-10-7-22(15-21(25)2)30(37)35(5)13-12-33(3,4)40)26(14-20)27-19-42-32(34-27)36-16-23-8-9-24(17-36)29(23)31(38)39/h6-7,10-11,14-15,19,23-24,29,40H,8-9,12-13,16-18H2,1-5H3,(H,38,39)/t23-,24+,29+. The van der Waals surface area contributed by atoms with E-state index in [1.54, 1.807) is 37.1 Å². The van der Waals surface area contributed by atoms with E-state index in [1.807, 2.05) is 44.2 Å². The minimum Gasteiger partial charge on any atom is -0.488 e. The molecular formula is C33H41N3O5S. The lowest BCUT2D eigenvalue weighted by Crippen LogP contribution is -2.44. The number of carbonyl (C=O) groups excluding carboxylic acids is 1. The number of fused-ring (bicyclic) bond motifs is 2. The first-order chi connectivity index (χ1) is 19.9. The predicted molar refractivity (Wildman–Crippen MR) is 165 cm³/mol. The molecule has 2 fully saturated rings. The first kappa shape index (κ1) is 30.0. The molecule has 42 heavy (non-hydrogen) atoms. The molecular weight excluding hydrogens is 550 g/mol. The number of anilines is 1. The Bertz CT molecular complexity index is 1450. The minimum absolute atomic E-state index is 0.0739. The summed E-state index contributed by atoms with van der Waals surface area (Å²) in [6.45, 7) is 9.83. The van der Waals surface area contributed by atoms with Crippen LogP contribution >= 0.6 is 11.3 Å². The number of ether oxygens (including phenoxy) is 1. The van der Waals surface area contributed by atoms with E-state index in [0.717, 1.165) is 64.8 Å². The van der Waals surface area contributed by atoms with Gasteiger partial charge in [-0.2, -0.15) is 0 Å². The number of thiazole rings is 1. The molecule has 3 atom stereocenters. The van der Waals surface area contributed by atoms with Crippen LogP contribution in [0.15, 0.2) is 41.8 Å². The lowest BCUT2D eigenvalue weighted by atomic mass is 9.85. The predicted octanol–water partition coefficient (Wildman–Crippen LogP) is 5.79. The summed E-state index contributed by atoms with van der Waals surface area (Å²) in [5.74, 6) is 0.152. The molecule has 1 saturated carbocycles. The molecule has 0 unspecified atom stereocenters. The molecule has 0 spiro atoms. The van der Waals surface area contributed by atoms with Gasteiger partial charge in [0.25, 0.3) is 5.91 Å². The maximum atomic E-state index is 12.9. The quantitative estimate of drug-likeness (QED) is 0.308. The van der Waals surface area contributed by atoms with Crippen LogP contribution in [0, 0.1) is 31.6 Å². The Morgan fingerprint density at radius 3 is 2.48 bits per heavy atom. The Labute approximate surface area is 252 Å². The normalized spacial score (nSPS) is 20.0. The number of aliphatic carboxylic acids is 1. The number of piperidine rings is 1. The zero-order valence-electron chi connectivity index (χ0n) is 25.1. The third-order valence-corrected chi connectivity index (χ3v) is 9.57. The van der Waals surface area contributed by atoms with Crippen molar-refractivity contribution < 1.29 is 24.5 Å². The number of aromatic nitrogens is 1. The van der Waals surface area contributed by atoms with E-state index >= 15 is 0 Å². The van der Waals surface area contributed by atoms with Gasteiger partial charge >= 0.3 is 5.97 Å². The highest BCUT2D eigenvalue weighted by Gasteiger charge is 2.46. The van der Waals surface area contributed by atoms with Crippen molar-refractivity contribution in [2.75, 3.05) is 31.6 Å². The Morgan fingerprint density at radius 1 is 1.12 bits per heavy atom. The average molecular weight is 592 g/mol. The number of carboxylic acid groups (broad SMARTS) is 1. The molecule has 2 N–H and O–H groups in total. The topological polar surface area (TPSA) is 103 Å². The molecule has 0 radical (unpaired) electrons. The number of carboxylic acids is 1. The number of benzene rings is 2. The average Bonchev–Trinajstić information content (AvgIpc) is 3.53. The van der Waals surface area contributed by atoms with Crippen LogP contribution in [0.1, 0.15) is 60.2 Å². The molecule has 3 aromatic rings. The fourth-order valence-electron chi connectivity index (χ4n) is 6.19. The van der Waals surface area contributed by atoms with E-state index in [-0.39, 0.29) is 23.7 Å². The van der Waals surface area contributed by atoms with Crippen LogP contribution in [0.2, 0.25) is 0 Å². The number of aryl methyl sites for hydroxylation is 2. The van der Waals surface area contributed by atoms with E-state index in [4.69, 9.17) is 9.72 Å². The second kappa shape index (κ2) is 12.1. The summed E-state index contributed by atoms with van der Waals surface area (Å²) in [6, 6.07) is 11.8. The number of amides is 1. The van der Waals surface area contributed by atoms with Crippen LogP contribution in [0.4, 0.5) is 5.13 Å². The molecule has 1 aliphatic heterocycles. The van der Waals surface area contributed by atoms with Crippen molar-refractivity contribution in [3.8, 4) is 17.0 Å². The van der Waals surface area contributed by atoms with Gasteiger partial charge in [-0.3, -0.25) is 9.59 Å². The molecule has 224 valence electrons. The van der Waals surface area contributed by atoms with Crippen molar-refractivity contribution >= 4 is 28.3 Å². The van der Waals surface area contributed by atoms with Gasteiger partial charge < -0.3 is 24.7 Å². The van der Waals surface area contributed by atoms with Crippen LogP contribution in [-0.4, -0.2) is 64.3 Å². The maximum Gasteiger partial charge on any atom is 0.307 e. The van der Waals surface area contributed by atoms with Gasteiger partial charge in [-0.25, -0.2) is 4.98 Å². The maximum absolute atomic E-state index is 12.9. The summed E-state index contributed by atoms with van der Waals surface area (Å²) in [4.78, 5) is 33.6. The highest BCUT2D eigenvalue weighted by Crippen LogP contribution is 2.44. The third-order valence-electron chi connectivity index (χ3n) is 8.67. The molecule has 9 heteroatoms. The number of carbonyl (C=O) groups is 2. The van der Waals surface area contributed by atoms with E-state index in [1.165, 1.54) is 0 Å². The molecule has 1 amide bonds. The lowest BCUT2D eigenvalue weighted by Gasteiger charge is -2.35. The van der Waals surface area contributed by atoms with Crippen LogP contribution in [0.3, 0.4) is 0 Å². The Kier molecular flexibility index (Phi) is 8.62. The van der Waals surface area contributed by atoms with Crippen molar-refractivity contribution in [3.05, 3.63) is 64.0 Å². The zero-order chi connectivity index (χ0) is 30.2. The van der Waals surface area contributed by atoms with Crippen molar-refractivity contribution in [1.29, 1.82) is 0 Å². The van der Waals surface area contributed by atoms with Gasteiger partial charge in [-0.15, -0.1) is 11.3 Å². The Hall–Kier alpha value is -3.43. The van der Waals surface area contributed by atoms with Crippen molar-refractivity contribution in [2.24, 2.45) is 17.8 Å². The number of rotatable bonds is 10. The number of hydrogen-bond acceptors (Lipinski definition) is 7. The monoisotopic (exact) mass is 591 g/mol. The third kappa shape index (κ3) is 6.63. The molecule has 2 aliphatic rings. The van der Waals surface area contributed by atoms with Crippen LogP contribution < -0.4 is 9.64 Å². The number of aliphatic hydroxyl groups is 1.